The molecule has 0 radical (unpaired) electrons. The van der Waals surface area contributed by atoms with Gasteiger partial charge in [0.25, 0.3) is 0 Å². The Morgan fingerprint density at radius 1 is 0.500 bits per heavy atom. The summed E-state index contributed by atoms with van der Waals surface area (Å²) in [5.41, 5.74) is 4.64. The number of hydrogen-bond acceptors (Lipinski definition) is 10. The van der Waals surface area contributed by atoms with Gasteiger partial charge in [-0.3, -0.25) is 0 Å². The van der Waals surface area contributed by atoms with Crippen molar-refractivity contribution in [3.63, 3.8) is 0 Å². The van der Waals surface area contributed by atoms with Crippen LogP contribution in [0.15, 0.2) is 95.9 Å². The first-order chi connectivity index (χ1) is 22.5. The molecule has 9 rings (SSSR count). The number of benzene rings is 4. The molecule has 0 spiro atoms. The molecule has 3 aromatic heterocycles. The topological polar surface area (TPSA) is 169 Å². The van der Waals surface area contributed by atoms with Gasteiger partial charge in [-0.1, -0.05) is 24.3 Å². The number of H-pyrrole nitrogens is 2. The zero-order valence-corrected chi connectivity index (χ0v) is 25.5. The van der Waals surface area contributed by atoms with E-state index in [1.165, 1.54) is 6.07 Å². The Balaban J connectivity index is 1.51. The fraction of sp³-hybridized carbons (Fsp3) is 0. The first kappa shape index (κ1) is 26.9. The third-order valence-corrected chi connectivity index (χ3v) is 10.3. The van der Waals surface area contributed by atoms with E-state index in [-0.39, 0.29) is 15.9 Å². The average molecular weight is 661 g/mol. The molecule has 5 heterocycles. The molecule has 46 heavy (non-hydrogen) atoms. The molecule has 2 N–H and O–H groups in total. The van der Waals surface area contributed by atoms with Crippen molar-refractivity contribution >= 4 is 54.3 Å². The molecule has 0 amide bonds. The van der Waals surface area contributed by atoms with Gasteiger partial charge in [-0.05, 0) is 0 Å². The Kier molecular flexibility index (Phi) is 5.86. The van der Waals surface area contributed by atoms with Gasteiger partial charge >= 0.3 is 238 Å². The normalized spacial score (nSPS) is 12.3. The van der Waals surface area contributed by atoms with Gasteiger partial charge in [-0.2, -0.15) is 0 Å². The Bertz CT molecular complexity index is 2740. The summed E-state index contributed by atoms with van der Waals surface area (Å²) < 4.78 is 42.5. The summed E-state index contributed by atoms with van der Waals surface area (Å²) in [5, 5.41) is 2.38. The zero-order chi connectivity index (χ0) is 31.0. The molecule has 0 fully saturated rings. The van der Waals surface area contributed by atoms with Crippen molar-refractivity contribution in [3.05, 3.63) is 91.0 Å². The van der Waals surface area contributed by atoms with Crippen molar-refractivity contribution in [1.29, 1.82) is 0 Å². The first-order valence-electron chi connectivity index (χ1n) is 14.0. The Labute approximate surface area is 266 Å². The van der Waals surface area contributed by atoms with Crippen molar-refractivity contribution in [2.45, 2.75) is 4.90 Å². The van der Waals surface area contributed by atoms with Crippen LogP contribution in [-0.2, 0) is 33.5 Å². The van der Waals surface area contributed by atoms with Crippen LogP contribution in [0.2, 0.25) is 0 Å². The van der Waals surface area contributed by atoms with Crippen molar-refractivity contribution < 1.29 is 31.8 Å². The molecule has 12 nitrogen and oxygen atoms in total. The van der Waals surface area contributed by atoms with Gasteiger partial charge in [0.15, 0.2) is 0 Å². The van der Waals surface area contributed by atoms with Crippen LogP contribution in [0.4, 0.5) is 0 Å². The van der Waals surface area contributed by atoms with E-state index < -0.39 is 26.7 Å². The van der Waals surface area contributed by atoms with Crippen LogP contribution in [0, 0.1) is 0 Å². The molecule has 7 aromatic rings. The molecule has 0 saturated heterocycles. The molecule has 8 bridgehead atoms. The maximum atomic E-state index is 13.2. The minimum absolute atomic E-state index is 0.175. The fourth-order valence-corrected chi connectivity index (χ4v) is 7.56. The second-order valence-corrected chi connectivity index (χ2v) is 13.0. The number of rotatable bonds is 3. The predicted molar refractivity (Wildman–Crippen MR) is 165 cm³/mol. The van der Waals surface area contributed by atoms with Crippen LogP contribution >= 0.6 is 0 Å². The van der Waals surface area contributed by atoms with Crippen LogP contribution in [0.1, 0.15) is 0 Å². The quantitative estimate of drug-likeness (QED) is 0.232. The fourth-order valence-electron chi connectivity index (χ4n) is 5.95. The molecule has 0 saturated carbocycles. The summed E-state index contributed by atoms with van der Waals surface area (Å²) in [5.74, 6) is 1.58. The summed E-state index contributed by atoms with van der Waals surface area (Å²) in [4.78, 5) is 35.7. The van der Waals surface area contributed by atoms with E-state index in [0.717, 1.165) is 27.5 Å². The van der Waals surface area contributed by atoms with Crippen molar-refractivity contribution in [3.8, 4) is 45.6 Å². The molecule has 14 heteroatoms. The molecular weight excluding hydrogens is 643 g/mol. The van der Waals surface area contributed by atoms with E-state index in [0.29, 0.717) is 51.2 Å². The predicted octanol–water partition coefficient (Wildman–Crippen LogP) is 5.92. The standard InChI is InChI=1S/C32H18N8O3S.O.V/c41-44(42,43)23-15-7-14-22-24(23)32-39-30-21-13-6-5-12-20(21)28(37-30)35-26-17-9-2-1-8-16(17)25(33-26)34-27-18-10-3-4-11-19(18)29(36-27)38-31(22)40-32;;/h1-15H,(H,41,42,43)(H2,33,34,35,36,37,38,39,40);;/q;;+1/p-1. The summed E-state index contributed by atoms with van der Waals surface area (Å²) in [7, 11) is -4.39. The summed E-state index contributed by atoms with van der Waals surface area (Å²) in [6.07, 6.45) is 0. The Morgan fingerprint density at radius 3 is 1.41 bits per heavy atom. The van der Waals surface area contributed by atoms with Crippen molar-refractivity contribution in [1.82, 2.24) is 39.9 Å². The first-order valence-corrected chi connectivity index (χ1v) is 16.5. The number of nitrogens with zero attached hydrogens (tertiary/aromatic N) is 6. The molecule has 0 unspecified atom stereocenters. The van der Waals surface area contributed by atoms with Gasteiger partial charge in [0.1, 0.15) is 0 Å². The zero-order valence-electron chi connectivity index (χ0n) is 23.3. The van der Waals surface area contributed by atoms with E-state index in [4.69, 9.17) is 33.0 Å². The number of nitrogens with one attached hydrogen (secondary N) is 2. The number of fused-ring (bicyclic) bond motifs is 20. The van der Waals surface area contributed by atoms with Gasteiger partial charge in [-0.25, -0.2) is 0 Å². The number of hydrogen-bond donors (Lipinski definition) is 2. The third-order valence-electron chi connectivity index (χ3n) is 7.94. The van der Waals surface area contributed by atoms with Crippen LogP contribution in [0.5, 0.6) is 0 Å². The third kappa shape index (κ3) is 4.07. The van der Waals surface area contributed by atoms with Gasteiger partial charge < -0.3 is 0 Å². The van der Waals surface area contributed by atoms with Crippen LogP contribution < -0.4 is 0 Å². The van der Waals surface area contributed by atoms with E-state index in [2.05, 4.69) is 9.97 Å². The van der Waals surface area contributed by atoms with Gasteiger partial charge in [0.05, 0.1) is 0 Å². The van der Waals surface area contributed by atoms with Crippen LogP contribution in [0.25, 0.3) is 89.7 Å². The molecule has 0 atom stereocenters. The summed E-state index contributed by atoms with van der Waals surface area (Å²) in [6, 6.07) is 27.6. The summed E-state index contributed by atoms with van der Waals surface area (Å²) in [6.45, 7) is 0. The van der Waals surface area contributed by atoms with Crippen LogP contribution in [0.3, 0.4) is 0 Å². The van der Waals surface area contributed by atoms with Gasteiger partial charge in [-0.15, -0.1) is 0 Å². The van der Waals surface area contributed by atoms with Gasteiger partial charge in [0, 0.05) is 5.39 Å². The molecular formula is C32H17N8O4SV. The van der Waals surface area contributed by atoms with E-state index in [1.54, 1.807) is 12.1 Å². The molecule has 2 aliphatic rings. The second-order valence-electron chi connectivity index (χ2n) is 10.5. The second kappa shape index (κ2) is 10.0. The maximum absolute atomic E-state index is 13.2. The average Bonchev–Trinajstić information content (AvgIpc) is 3.80. The van der Waals surface area contributed by atoms with Gasteiger partial charge in [0.2, 0.25) is 0 Å². The van der Waals surface area contributed by atoms with E-state index in [1.807, 2.05) is 72.8 Å². The SMILES string of the molecule is [O]=[V][O]S(=O)(=O)c1cccc2c3nc4nc(nc5[nH]c(nc6nc(nc([nH]3)c12)-c1ccccc1-6)c1ccccc51)-c1ccccc1-4. The minimum atomic E-state index is -4.39. The Morgan fingerprint density at radius 2 is 0.913 bits per heavy atom. The molecule has 220 valence electrons. The van der Waals surface area contributed by atoms with Crippen molar-refractivity contribution in [2.75, 3.05) is 0 Å². The molecule has 4 aromatic carbocycles. The van der Waals surface area contributed by atoms with Crippen LogP contribution in [-0.4, -0.2) is 48.3 Å². The Hall–Kier alpha value is -5.47. The molecule has 2 aliphatic heterocycles. The summed E-state index contributed by atoms with van der Waals surface area (Å²) >= 11 is -2.13. The van der Waals surface area contributed by atoms with Crippen molar-refractivity contribution in [2.24, 2.45) is 0 Å². The molecule has 0 aliphatic carbocycles. The number of aromatic amines is 2. The number of aromatic nitrogens is 8. The van der Waals surface area contributed by atoms with E-state index in [9.17, 15) is 12.1 Å². The van der Waals surface area contributed by atoms with E-state index >= 15 is 0 Å². The monoisotopic (exact) mass is 660 g/mol.